The van der Waals surface area contributed by atoms with Crippen LogP contribution in [0.1, 0.15) is 57.6 Å². The molecular formula is C16H24ClNO3S. The van der Waals surface area contributed by atoms with E-state index in [2.05, 4.69) is 4.99 Å². The molecule has 1 rings (SSSR count). The van der Waals surface area contributed by atoms with Gasteiger partial charge in [-0.1, -0.05) is 31.5 Å². The fourth-order valence-corrected chi connectivity index (χ4v) is 2.09. The molecule has 0 aromatic carbocycles. The molecule has 0 spiro atoms. The van der Waals surface area contributed by atoms with Crippen LogP contribution in [0.25, 0.3) is 0 Å². The Hall–Kier alpha value is -1.46. The first kappa shape index (κ1) is 22.8. The van der Waals surface area contributed by atoms with E-state index in [-0.39, 0.29) is 12.2 Å². The quantitative estimate of drug-likeness (QED) is 0.580. The molecule has 124 valence electrons. The highest BCUT2D eigenvalue weighted by Gasteiger charge is 2.01. The Morgan fingerprint density at radius 1 is 1.27 bits per heavy atom. The third-order valence-corrected chi connectivity index (χ3v) is 3.28. The van der Waals surface area contributed by atoms with Gasteiger partial charge in [-0.2, -0.15) is 0 Å². The predicted octanol–water partition coefficient (Wildman–Crippen LogP) is 5.48. The summed E-state index contributed by atoms with van der Waals surface area (Å²) >= 11 is 6.88. The summed E-state index contributed by atoms with van der Waals surface area (Å²) in [5, 5.41) is 8.42. The van der Waals surface area contributed by atoms with Crippen molar-refractivity contribution in [3.63, 3.8) is 0 Å². The summed E-state index contributed by atoms with van der Waals surface area (Å²) in [4.78, 5) is 25.6. The molecule has 0 radical (unpaired) electrons. The lowest BCUT2D eigenvalue weighted by Gasteiger charge is -1.96. The number of hydrogen-bond acceptors (Lipinski definition) is 4. The summed E-state index contributed by atoms with van der Waals surface area (Å²) in [6.45, 7) is 11.0. The van der Waals surface area contributed by atoms with Crippen LogP contribution in [0.3, 0.4) is 0 Å². The minimum absolute atomic E-state index is 0.00167. The second-order valence-corrected chi connectivity index (χ2v) is 5.78. The number of carbonyl (C=O) groups is 2. The molecule has 1 aromatic heterocycles. The highest BCUT2D eigenvalue weighted by Crippen LogP contribution is 2.21. The number of nitrogens with zero attached hydrogens (tertiary/aromatic N) is 1. The fraction of sp³-hybridized carbons (Fsp3) is 0.438. The van der Waals surface area contributed by atoms with E-state index in [1.807, 2.05) is 27.7 Å². The standard InChI is InChI=1S/C8H13NO2.C6H5ClOS.C2H6/c1-4-7(5-8(10)11)9-6(2)3;1-4(8)5-2-3-6(7)9-5;1-2/h4H,5H2,1-3H3,(H,10,11);2-3H,1H3;1-2H3/b7-4-;;. The van der Waals surface area contributed by atoms with E-state index in [9.17, 15) is 9.59 Å². The van der Waals surface area contributed by atoms with Gasteiger partial charge in [-0.05, 0) is 39.8 Å². The number of halogens is 1. The van der Waals surface area contributed by atoms with Crippen molar-refractivity contribution in [2.24, 2.45) is 4.99 Å². The topological polar surface area (TPSA) is 66.7 Å². The van der Waals surface area contributed by atoms with Gasteiger partial charge in [-0.25, -0.2) is 0 Å². The molecule has 0 aliphatic rings. The van der Waals surface area contributed by atoms with Crippen LogP contribution in [0.2, 0.25) is 4.34 Å². The van der Waals surface area contributed by atoms with Crippen LogP contribution in [0.15, 0.2) is 28.9 Å². The van der Waals surface area contributed by atoms with Gasteiger partial charge >= 0.3 is 5.97 Å². The molecule has 0 saturated carbocycles. The van der Waals surface area contributed by atoms with E-state index in [0.717, 1.165) is 10.6 Å². The third-order valence-electron chi connectivity index (χ3n) is 1.95. The number of aliphatic imine (C=N–C) groups is 1. The molecule has 6 heteroatoms. The Bertz CT molecular complexity index is 529. The predicted molar refractivity (Wildman–Crippen MR) is 95.5 cm³/mol. The van der Waals surface area contributed by atoms with Crippen LogP contribution in [0, 0.1) is 0 Å². The average molecular weight is 346 g/mol. The second kappa shape index (κ2) is 13.2. The molecule has 0 fully saturated rings. The highest BCUT2D eigenvalue weighted by atomic mass is 35.5. The Morgan fingerprint density at radius 3 is 2.05 bits per heavy atom. The molecule has 0 amide bonds. The third kappa shape index (κ3) is 12.3. The van der Waals surface area contributed by atoms with Crippen molar-refractivity contribution in [3.8, 4) is 0 Å². The van der Waals surface area contributed by atoms with Gasteiger partial charge in [0.1, 0.15) is 0 Å². The molecule has 0 aliphatic carbocycles. The molecule has 0 unspecified atom stereocenters. The molecule has 22 heavy (non-hydrogen) atoms. The number of carbonyl (C=O) groups excluding carboxylic acids is 1. The number of ketones is 1. The fourth-order valence-electron chi connectivity index (χ4n) is 1.15. The van der Waals surface area contributed by atoms with Crippen LogP contribution in [0.5, 0.6) is 0 Å². The summed E-state index contributed by atoms with van der Waals surface area (Å²) < 4.78 is 0.667. The zero-order valence-corrected chi connectivity index (χ0v) is 15.5. The van der Waals surface area contributed by atoms with E-state index in [0.29, 0.717) is 10.0 Å². The summed E-state index contributed by atoms with van der Waals surface area (Å²) in [5.41, 5.74) is 1.48. The first-order chi connectivity index (χ1) is 10.3. The monoisotopic (exact) mass is 345 g/mol. The number of carboxylic acid groups (broad SMARTS) is 1. The van der Waals surface area contributed by atoms with Crippen molar-refractivity contribution in [2.45, 2.75) is 48.0 Å². The maximum absolute atomic E-state index is 10.6. The van der Waals surface area contributed by atoms with E-state index < -0.39 is 5.97 Å². The summed E-state index contributed by atoms with van der Waals surface area (Å²) in [6, 6.07) is 3.46. The van der Waals surface area contributed by atoms with Gasteiger partial charge < -0.3 is 5.11 Å². The van der Waals surface area contributed by atoms with Crippen LogP contribution < -0.4 is 0 Å². The molecule has 0 saturated heterocycles. The van der Waals surface area contributed by atoms with Crippen LogP contribution in [-0.2, 0) is 4.79 Å². The molecule has 0 atom stereocenters. The average Bonchev–Trinajstić information content (AvgIpc) is 2.87. The Kier molecular flexibility index (Phi) is 13.7. The number of rotatable bonds is 4. The molecule has 4 nitrogen and oxygen atoms in total. The van der Waals surface area contributed by atoms with Gasteiger partial charge in [0.25, 0.3) is 0 Å². The van der Waals surface area contributed by atoms with E-state index in [1.165, 1.54) is 18.3 Å². The van der Waals surface area contributed by atoms with Gasteiger partial charge in [-0.15, -0.1) is 11.3 Å². The molecule has 1 aromatic rings. The van der Waals surface area contributed by atoms with Crippen molar-refractivity contribution < 1.29 is 14.7 Å². The maximum Gasteiger partial charge on any atom is 0.309 e. The first-order valence-corrected chi connectivity index (χ1v) is 8.10. The zero-order chi connectivity index (χ0) is 17.7. The van der Waals surface area contributed by atoms with Crippen molar-refractivity contribution in [1.29, 1.82) is 0 Å². The molecule has 1 N–H and O–H groups in total. The lowest BCUT2D eigenvalue weighted by Crippen LogP contribution is -1.96. The Morgan fingerprint density at radius 2 is 1.82 bits per heavy atom. The smallest absolute Gasteiger partial charge is 0.309 e. The van der Waals surface area contributed by atoms with Crippen molar-refractivity contribution in [1.82, 2.24) is 0 Å². The summed E-state index contributed by atoms with van der Waals surface area (Å²) in [7, 11) is 0. The van der Waals surface area contributed by atoms with E-state index >= 15 is 0 Å². The Labute approximate surface area is 141 Å². The van der Waals surface area contributed by atoms with Gasteiger partial charge in [0, 0.05) is 11.4 Å². The summed E-state index contributed by atoms with van der Waals surface area (Å²) in [6.07, 6.45) is 1.71. The van der Waals surface area contributed by atoms with Crippen molar-refractivity contribution in [3.05, 3.63) is 33.1 Å². The highest BCUT2D eigenvalue weighted by molar-refractivity contribution is 7.18. The normalized spacial score (nSPS) is 9.68. The van der Waals surface area contributed by atoms with Gasteiger partial charge in [0.2, 0.25) is 0 Å². The van der Waals surface area contributed by atoms with Gasteiger partial charge in [0.15, 0.2) is 5.78 Å². The lowest BCUT2D eigenvalue weighted by molar-refractivity contribution is -0.136. The molecule has 1 heterocycles. The number of thiophene rings is 1. The largest absolute Gasteiger partial charge is 0.481 e. The van der Waals surface area contributed by atoms with Crippen LogP contribution in [-0.4, -0.2) is 22.6 Å². The maximum atomic E-state index is 10.6. The first-order valence-electron chi connectivity index (χ1n) is 6.91. The number of allylic oxidation sites excluding steroid dienone is 1. The van der Waals surface area contributed by atoms with Gasteiger partial charge in [-0.3, -0.25) is 14.6 Å². The number of aliphatic carboxylic acids is 1. The van der Waals surface area contributed by atoms with Crippen LogP contribution in [0.4, 0.5) is 0 Å². The zero-order valence-electron chi connectivity index (χ0n) is 13.9. The molecule has 0 bridgehead atoms. The van der Waals surface area contributed by atoms with Crippen molar-refractivity contribution in [2.75, 3.05) is 0 Å². The molecular weight excluding hydrogens is 322 g/mol. The number of hydrogen-bond donors (Lipinski definition) is 1. The minimum Gasteiger partial charge on any atom is -0.481 e. The minimum atomic E-state index is -0.844. The number of carboxylic acids is 1. The summed E-state index contributed by atoms with van der Waals surface area (Å²) in [5.74, 6) is -0.769. The van der Waals surface area contributed by atoms with Crippen molar-refractivity contribution >= 4 is 40.4 Å². The second-order valence-electron chi connectivity index (χ2n) is 4.07. The van der Waals surface area contributed by atoms with E-state index in [4.69, 9.17) is 16.7 Å². The lowest BCUT2D eigenvalue weighted by atomic mass is 10.3. The number of Topliss-reactive ketones (excluding diaryl/α,β-unsaturated/α-hetero) is 1. The van der Waals surface area contributed by atoms with E-state index in [1.54, 1.807) is 25.1 Å². The van der Waals surface area contributed by atoms with Gasteiger partial charge in [0.05, 0.1) is 15.6 Å². The molecule has 0 aliphatic heterocycles. The van der Waals surface area contributed by atoms with Crippen LogP contribution >= 0.6 is 22.9 Å². The SMILES string of the molecule is C/C=C(/CC(=O)O)N=C(C)C.CC.CC(=O)c1ccc(Cl)s1. The Balaban J connectivity index is 0.